The molecule has 0 saturated heterocycles. The molecule has 20 heavy (non-hydrogen) atoms. The van der Waals surface area contributed by atoms with E-state index in [9.17, 15) is 4.39 Å². The number of hydrogen-bond donors (Lipinski definition) is 2. The molecule has 0 spiro atoms. The molecule has 2 N–H and O–H groups in total. The maximum atomic E-state index is 13.5. The van der Waals surface area contributed by atoms with Crippen molar-refractivity contribution in [2.24, 2.45) is 5.10 Å². The minimum atomic E-state index is -0.315. The second kappa shape index (κ2) is 7.69. The molecule has 2 rings (SSSR count). The number of thiocarbonyl (C=S) groups is 1. The van der Waals surface area contributed by atoms with Gasteiger partial charge in [-0.1, -0.05) is 35.2 Å². The van der Waals surface area contributed by atoms with Crippen LogP contribution >= 0.6 is 28.1 Å². The van der Waals surface area contributed by atoms with Gasteiger partial charge >= 0.3 is 0 Å². The van der Waals surface area contributed by atoms with Crippen LogP contribution in [0.2, 0.25) is 0 Å². The van der Waals surface area contributed by atoms with Crippen LogP contribution in [0.4, 0.5) is 4.39 Å². The van der Waals surface area contributed by atoms with Crippen molar-refractivity contribution in [3.8, 4) is 0 Å². The molecule has 1 fully saturated rings. The molecule has 0 aliphatic heterocycles. The second-order valence-corrected chi connectivity index (χ2v) is 6.17. The molecule has 1 saturated carbocycles. The molecule has 0 amide bonds. The second-order valence-electron chi connectivity index (χ2n) is 4.84. The van der Waals surface area contributed by atoms with Crippen molar-refractivity contribution in [1.82, 2.24) is 10.7 Å². The predicted molar refractivity (Wildman–Crippen MR) is 87.4 cm³/mol. The Morgan fingerprint density at radius 2 is 2.10 bits per heavy atom. The third-order valence-corrected chi connectivity index (χ3v) is 3.97. The van der Waals surface area contributed by atoms with Gasteiger partial charge in [0.25, 0.3) is 0 Å². The van der Waals surface area contributed by atoms with Crippen molar-refractivity contribution in [1.29, 1.82) is 0 Å². The standard InChI is InChI=1S/C14H17BrFN3S/c15-11-6-7-13(16)10(8-11)9-17-19-14(20)18-12-4-2-1-3-5-12/h6-9,12H,1-5H2,(H2,18,19,20)/b17-9-. The van der Waals surface area contributed by atoms with Gasteiger partial charge in [-0.2, -0.15) is 5.10 Å². The van der Waals surface area contributed by atoms with Gasteiger partial charge in [0, 0.05) is 16.1 Å². The van der Waals surface area contributed by atoms with Gasteiger partial charge in [-0.05, 0) is 43.3 Å². The zero-order valence-electron chi connectivity index (χ0n) is 11.0. The van der Waals surface area contributed by atoms with E-state index in [1.807, 2.05) is 0 Å². The number of rotatable bonds is 3. The normalized spacial score (nSPS) is 16.3. The van der Waals surface area contributed by atoms with Crippen LogP contribution in [0, 0.1) is 5.82 Å². The first kappa shape index (κ1) is 15.4. The predicted octanol–water partition coefficient (Wildman–Crippen LogP) is 3.72. The van der Waals surface area contributed by atoms with E-state index in [4.69, 9.17) is 12.2 Å². The molecular formula is C14H17BrFN3S. The molecule has 0 heterocycles. The van der Waals surface area contributed by atoms with E-state index in [0.29, 0.717) is 16.7 Å². The summed E-state index contributed by atoms with van der Waals surface area (Å²) in [7, 11) is 0. The summed E-state index contributed by atoms with van der Waals surface area (Å²) in [5.41, 5.74) is 3.14. The lowest BCUT2D eigenvalue weighted by Crippen LogP contribution is -2.40. The first-order valence-electron chi connectivity index (χ1n) is 6.70. The van der Waals surface area contributed by atoms with E-state index in [0.717, 1.165) is 17.3 Å². The Kier molecular flexibility index (Phi) is 5.91. The average molecular weight is 358 g/mol. The van der Waals surface area contributed by atoms with Crippen molar-refractivity contribution < 1.29 is 4.39 Å². The highest BCUT2D eigenvalue weighted by atomic mass is 79.9. The van der Waals surface area contributed by atoms with Crippen LogP contribution < -0.4 is 10.7 Å². The summed E-state index contributed by atoms with van der Waals surface area (Å²) in [6.07, 6.45) is 7.50. The highest BCUT2D eigenvalue weighted by Gasteiger charge is 2.13. The van der Waals surface area contributed by atoms with Crippen LogP contribution in [0.15, 0.2) is 27.8 Å². The Morgan fingerprint density at radius 3 is 2.85 bits per heavy atom. The molecule has 108 valence electrons. The molecule has 0 atom stereocenters. The Bertz CT molecular complexity index is 501. The molecule has 0 aromatic heterocycles. The summed E-state index contributed by atoms with van der Waals surface area (Å²) in [4.78, 5) is 0. The minimum absolute atomic E-state index is 0.315. The zero-order chi connectivity index (χ0) is 14.4. The average Bonchev–Trinajstić information content (AvgIpc) is 2.44. The van der Waals surface area contributed by atoms with Crippen LogP contribution in [0.1, 0.15) is 37.7 Å². The summed E-state index contributed by atoms with van der Waals surface area (Å²) in [5.74, 6) is -0.315. The van der Waals surface area contributed by atoms with Gasteiger partial charge in [-0.15, -0.1) is 0 Å². The topological polar surface area (TPSA) is 36.4 Å². The number of hydrazone groups is 1. The van der Waals surface area contributed by atoms with Crippen molar-refractivity contribution in [2.45, 2.75) is 38.1 Å². The van der Waals surface area contributed by atoms with Crippen LogP contribution in [0.3, 0.4) is 0 Å². The van der Waals surface area contributed by atoms with Gasteiger partial charge in [-0.3, -0.25) is 5.43 Å². The number of hydrogen-bond acceptors (Lipinski definition) is 2. The Morgan fingerprint density at radius 1 is 1.35 bits per heavy atom. The number of benzene rings is 1. The Balaban J connectivity index is 1.83. The van der Waals surface area contributed by atoms with Crippen LogP contribution in [0.25, 0.3) is 0 Å². The molecular weight excluding hydrogens is 341 g/mol. The summed E-state index contributed by atoms with van der Waals surface area (Å²) in [6, 6.07) is 5.14. The lowest BCUT2D eigenvalue weighted by Gasteiger charge is -2.23. The van der Waals surface area contributed by atoms with Gasteiger partial charge in [0.05, 0.1) is 6.21 Å². The highest BCUT2D eigenvalue weighted by Crippen LogP contribution is 2.17. The molecule has 0 unspecified atom stereocenters. The molecule has 1 aliphatic carbocycles. The molecule has 1 aromatic rings. The van der Waals surface area contributed by atoms with Gasteiger partial charge in [0.15, 0.2) is 5.11 Å². The fourth-order valence-electron chi connectivity index (χ4n) is 2.24. The largest absolute Gasteiger partial charge is 0.359 e. The molecule has 0 bridgehead atoms. The summed E-state index contributed by atoms with van der Waals surface area (Å²) < 4.78 is 14.3. The van der Waals surface area contributed by atoms with Crippen molar-refractivity contribution in [2.75, 3.05) is 0 Å². The third kappa shape index (κ3) is 4.83. The quantitative estimate of drug-likeness (QED) is 0.491. The first-order valence-corrected chi connectivity index (χ1v) is 7.90. The summed E-state index contributed by atoms with van der Waals surface area (Å²) in [5, 5.41) is 7.69. The fraction of sp³-hybridized carbons (Fsp3) is 0.429. The number of halogens is 2. The third-order valence-electron chi connectivity index (χ3n) is 3.27. The molecule has 1 aliphatic rings. The van der Waals surface area contributed by atoms with E-state index in [-0.39, 0.29) is 5.82 Å². The Hall–Kier alpha value is -1.01. The van der Waals surface area contributed by atoms with Crippen molar-refractivity contribution >= 4 is 39.5 Å². The maximum absolute atomic E-state index is 13.5. The van der Waals surface area contributed by atoms with E-state index in [2.05, 4.69) is 31.8 Å². The van der Waals surface area contributed by atoms with Crippen LogP contribution in [-0.2, 0) is 0 Å². The lowest BCUT2D eigenvalue weighted by atomic mass is 9.96. The monoisotopic (exact) mass is 357 g/mol. The van der Waals surface area contributed by atoms with Crippen LogP contribution in [0.5, 0.6) is 0 Å². The van der Waals surface area contributed by atoms with E-state index in [1.165, 1.54) is 31.5 Å². The highest BCUT2D eigenvalue weighted by molar-refractivity contribution is 9.10. The minimum Gasteiger partial charge on any atom is -0.359 e. The molecule has 1 aromatic carbocycles. The van der Waals surface area contributed by atoms with Gasteiger partial charge < -0.3 is 5.32 Å². The molecule has 3 nitrogen and oxygen atoms in total. The maximum Gasteiger partial charge on any atom is 0.187 e. The molecule has 6 heteroatoms. The van der Waals surface area contributed by atoms with Crippen molar-refractivity contribution in [3.05, 3.63) is 34.1 Å². The van der Waals surface area contributed by atoms with Crippen molar-refractivity contribution in [3.63, 3.8) is 0 Å². The van der Waals surface area contributed by atoms with Gasteiger partial charge in [0.1, 0.15) is 5.82 Å². The summed E-state index contributed by atoms with van der Waals surface area (Å²) >= 11 is 8.47. The van der Waals surface area contributed by atoms with Gasteiger partial charge in [0.2, 0.25) is 0 Å². The van der Waals surface area contributed by atoms with Gasteiger partial charge in [-0.25, -0.2) is 4.39 Å². The molecule has 0 radical (unpaired) electrons. The zero-order valence-corrected chi connectivity index (χ0v) is 13.4. The van der Waals surface area contributed by atoms with E-state index in [1.54, 1.807) is 12.1 Å². The van der Waals surface area contributed by atoms with Crippen LogP contribution in [-0.4, -0.2) is 17.4 Å². The number of nitrogens with zero attached hydrogens (tertiary/aromatic N) is 1. The SMILES string of the molecule is Fc1ccc(Br)cc1/C=N\NC(=S)NC1CCCCC1. The smallest absolute Gasteiger partial charge is 0.187 e. The Labute approximate surface area is 132 Å². The lowest BCUT2D eigenvalue weighted by molar-refractivity contribution is 0.412. The van der Waals surface area contributed by atoms with E-state index >= 15 is 0 Å². The number of nitrogens with one attached hydrogen (secondary N) is 2. The summed E-state index contributed by atoms with van der Waals surface area (Å²) in [6.45, 7) is 0. The van der Waals surface area contributed by atoms with E-state index < -0.39 is 0 Å². The first-order chi connectivity index (χ1) is 9.65. The fourth-order valence-corrected chi connectivity index (χ4v) is 2.84.